The summed E-state index contributed by atoms with van der Waals surface area (Å²) in [7, 11) is 0. The number of carbonyl (C=O) groups is 1. The van der Waals surface area contributed by atoms with Crippen LogP contribution in [0.1, 0.15) is 12.5 Å². The number of fused-ring (bicyclic) bond motifs is 1. The van der Waals surface area contributed by atoms with Gasteiger partial charge in [-0.2, -0.15) is 0 Å². The molecule has 5 nitrogen and oxygen atoms in total. The topological polar surface area (TPSA) is 68.0 Å². The number of carboxylic acids is 1. The molecule has 2 aromatic heterocycles. The van der Waals surface area contributed by atoms with Crippen molar-refractivity contribution in [1.29, 1.82) is 0 Å². The number of rotatable bonds is 4. The predicted octanol–water partition coefficient (Wildman–Crippen LogP) is 2.75. The molecule has 1 N–H and O–H groups in total. The van der Waals surface area contributed by atoms with Gasteiger partial charge < -0.3 is 9.67 Å². The zero-order valence-electron chi connectivity index (χ0n) is 11.7. The van der Waals surface area contributed by atoms with Crippen molar-refractivity contribution in [3.63, 3.8) is 0 Å². The summed E-state index contributed by atoms with van der Waals surface area (Å²) < 4.78 is 2.11. The average molecular weight is 281 g/mol. The fraction of sp³-hybridized carbons (Fsp3) is 0.188. The molecule has 106 valence electrons. The van der Waals surface area contributed by atoms with Crippen LogP contribution in [0, 0.1) is 0 Å². The molecule has 2 heterocycles. The van der Waals surface area contributed by atoms with Gasteiger partial charge in [0, 0.05) is 24.5 Å². The Morgan fingerprint density at radius 1 is 1.33 bits per heavy atom. The van der Waals surface area contributed by atoms with Crippen molar-refractivity contribution in [1.82, 2.24) is 14.5 Å². The van der Waals surface area contributed by atoms with Crippen molar-refractivity contribution in [3.8, 4) is 11.4 Å². The maximum Gasteiger partial charge on any atom is 0.307 e. The normalized spacial score (nSPS) is 10.9. The Morgan fingerprint density at radius 2 is 2.19 bits per heavy atom. The fourth-order valence-corrected chi connectivity index (χ4v) is 2.50. The van der Waals surface area contributed by atoms with Crippen molar-refractivity contribution in [2.45, 2.75) is 19.9 Å². The van der Waals surface area contributed by atoms with Gasteiger partial charge in [0.05, 0.1) is 17.5 Å². The Bertz CT molecular complexity index is 794. The lowest BCUT2D eigenvalue weighted by Gasteiger charge is -2.05. The van der Waals surface area contributed by atoms with E-state index in [2.05, 4.69) is 21.5 Å². The largest absolute Gasteiger partial charge is 0.481 e. The lowest BCUT2D eigenvalue weighted by atomic mass is 10.1. The second kappa shape index (κ2) is 5.36. The predicted molar refractivity (Wildman–Crippen MR) is 80.0 cm³/mol. The van der Waals surface area contributed by atoms with E-state index in [-0.39, 0.29) is 6.42 Å². The van der Waals surface area contributed by atoms with Gasteiger partial charge >= 0.3 is 5.97 Å². The van der Waals surface area contributed by atoms with Crippen LogP contribution in [0.3, 0.4) is 0 Å². The molecule has 0 bridgehead atoms. The summed E-state index contributed by atoms with van der Waals surface area (Å²) in [6, 6.07) is 9.47. The van der Waals surface area contributed by atoms with Crippen LogP contribution < -0.4 is 0 Å². The fourth-order valence-electron chi connectivity index (χ4n) is 2.50. The summed E-state index contributed by atoms with van der Waals surface area (Å²) in [5.74, 6) is 0.0184. The first-order valence-electron chi connectivity index (χ1n) is 6.80. The SMILES string of the molecule is CCn1c(-c2cccnc2)nc2cc(CC(=O)O)ccc21. The number of carboxylic acid groups (broad SMARTS) is 1. The number of nitrogens with zero attached hydrogens (tertiary/aromatic N) is 3. The summed E-state index contributed by atoms with van der Waals surface area (Å²) in [6.07, 6.45) is 3.52. The van der Waals surface area contributed by atoms with Crippen LogP contribution in [0.2, 0.25) is 0 Å². The summed E-state index contributed by atoms with van der Waals surface area (Å²) in [5.41, 5.74) is 3.53. The first kappa shape index (κ1) is 13.3. The van der Waals surface area contributed by atoms with E-state index in [0.717, 1.165) is 34.5 Å². The molecule has 0 amide bonds. The molecule has 0 spiro atoms. The molecule has 3 rings (SSSR count). The molecule has 0 aliphatic carbocycles. The number of benzene rings is 1. The highest BCUT2D eigenvalue weighted by Crippen LogP contribution is 2.25. The number of aromatic nitrogens is 3. The molecule has 0 aliphatic rings. The molecule has 0 radical (unpaired) electrons. The Balaban J connectivity index is 2.15. The third-order valence-electron chi connectivity index (χ3n) is 3.40. The third-order valence-corrected chi connectivity index (χ3v) is 3.40. The van der Waals surface area contributed by atoms with E-state index >= 15 is 0 Å². The Morgan fingerprint density at radius 3 is 2.86 bits per heavy atom. The smallest absolute Gasteiger partial charge is 0.307 e. The van der Waals surface area contributed by atoms with Crippen molar-refractivity contribution in [2.24, 2.45) is 0 Å². The van der Waals surface area contributed by atoms with Gasteiger partial charge in [0.25, 0.3) is 0 Å². The van der Waals surface area contributed by atoms with Gasteiger partial charge in [-0.1, -0.05) is 6.07 Å². The number of hydrogen-bond donors (Lipinski definition) is 1. The van der Waals surface area contributed by atoms with E-state index in [9.17, 15) is 4.79 Å². The summed E-state index contributed by atoms with van der Waals surface area (Å²) in [5, 5.41) is 8.89. The van der Waals surface area contributed by atoms with Crippen molar-refractivity contribution in [3.05, 3.63) is 48.3 Å². The highest BCUT2D eigenvalue weighted by atomic mass is 16.4. The van der Waals surface area contributed by atoms with E-state index in [1.54, 1.807) is 12.4 Å². The molecule has 0 unspecified atom stereocenters. The minimum absolute atomic E-state index is 0.0111. The summed E-state index contributed by atoms with van der Waals surface area (Å²) >= 11 is 0. The molecule has 1 aromatic carbocycles. The van der Waals surface area contributed by atoms with Crippen molar-refractivity contribution in [2.75, 3.05) is 0 Å². The Labute approximate surface area is 121 Å². The van der Waals surface area contributed by atoms with E-state index in [4.69, 9.17) is 5.11 Å². The summed E-state index contributed by atoms with van der Waals surface area (Å²) in [6.45, 7) is 2.85. The molecule has 5 heteroatoms. The second-order valence-corrected chi connectivity index (χ2v) is 4.81. The molecule has 21 heavy (non-hydrogen) atoms. The van der Waals surface area contributed by atoms with Crippen molar-refractivity contribution >= 4 is 17.0 Å². The minimum Gasteiger partial charge on any atom is -0.481 e. The molecule has 0 saturated heterocycles. The number of imidazole rings is 1. The maximum atomic E-state index is 10.8. The highest BCUT2D eigenvalue weighted by Gasteiger charge is 2.12. The van der Waals surface area contributed by atoms with Gasteiger partial charge in [0.15, 0.2) is 0 Å². The lowest BCUT2D eigenvalue weighted by Crippen LogP contribution is -2.00. The van der Waals surface area contributed by atoms with E-state index in [1.165, 1.54) is 0 Å². The molecule has 0 saturated carbocycles. The number of aryl methyl sites for hydroxylation is 1. The number of pyridine rings is 1. The Hall–Kier alpha value is -2.69. The first-order chi connectivity index (χ1) is 10.2. The van der Waals surface area contributed by atoms with E-state index in [1.807, 2.05) is 30.3 Å². The number of aliphatic carboxylic acids is 1. The zero-order valence-corrected chi connectivity index (χ0v) is 11.7. The molecule has 0 fully saturated rings. The molecule has 0 atom stereocenters. The lowest BCUT2D eigenvalue weighted by molar-refractivity contribution is -0.136. The molecular formula is C16H15N3O2. The van der Waals surface area contributed by atoms with Crippen LogP contribution in [0.5, 0.6) is 0 Å². The van der Waals surface area contributed by atoms with Crippen LogP contribution in [-0.2, 0) is 17.8 Å². The van der Waals surface area contributed by atoms with Crippen LogP contribution in [0.25, 0.3) is 22.4 Å². The van der Waals surface area contributed by atoms with Gasteiger partial charge in [-0.25, -0.2) is 4.98 Å². The van der Waals surface area contributed by atoms with Crippen LogP contribution in [0.4, 0.5) is 0 Å². The quantitative estimate of drug-likeness (QED) is 0.798. The summed E-state index contributed by atoms with van der Waals surface area (Å²) in [4.78, 5) is 19.6. The monoisotopic (exact) mass is 281 g/mol. The molecule has 0 aliphatic heterocycles. The standard InChI is InChI=1S/C16H15N3O2/c1-2-19-14-6-5-11(9-15(20)21)8-13(14)18-16(19)12-4-3-7-17-10-12/h3-8,10H,2,9H2,1H3,(H,20,21). The minimum atomic E-state index is -0.836. The molecular weight excluding hydrogens is 266 g/mol. The zero-order chi connectivity index (χ0) is 14.8. The number of hydrogen-bond acceptors (Lipinski definition) is 3. The second-order valence-electron chi connectivity index (χ2n) is 4.81. The maximum absolute atomic E-state index is 10.8. The van der Waals surface area contributed by atoms with E-state index in [0.29, 0.717) is 0 Å². The van der Waals surface area contributed by atoms with Gasteiger partial charge in [-0.3, -0.25) is 9.78 Å². The van der Waals surface area contributed by atoms with Crippen LogP contribution in [-0.4, -0.2) is 25.6 Å². The van der Waals surface area contributed by atoms with Crippen LogP contribution in [0.15, 0.2) is 42.7 Å². The van der Waals surface area contributed by atoms with Gasteiger partial charge in [-0.15, -0.1) is 0 Å². The van der Waals surface area contributed by atoms with Gasteiger partial charge in [0.2, 0.25) is 0 Å². The van der Waals surface area contributed by atoms with Crippen LogP contribution >= 0.6 is 0 Å². The third kappa shape index (κ3) is 2.50. The average Bonchev–Trinajstić information content (AvgIpc) is 2.85. The molecule has 3 aromatic rings. The van der Waals surface area contributed by atoms with Crippen molar-refractivity contribution < 1.29 is 9.90 Å². The first-order valence-corrected chi connectivity index (χ1v) is 6.80. The Kier molecular flexibility index (Phi) is 3.39. The van der Waals surface area contributed by atoms with Gasteiger partial charge in [-0.05, 0) is 36.8 Å². The van der Waals surface area contributed by atoms with Gasteiger partial charge in [0.1, 0.15) is 5.82 Å². The highest BCUT2D eigenvalue weighted by molar-refractivity contribution is 5.82. The van der Waals surface area contributed by atoms with E-state index < -0.39 is 5.97 Å².